The largest absolute Gasteiger partial charge is 0.355 e. The Morgan fingerprint density at radius 3 is 2.31 bits per heavy atom. The van der Waals surface area contributed by atoms with Gasteiger partial charge >= 0.3 is 0 Å². The first kappa shape index (κ1) is 20.6. The van der Waals surface area contributed by atoms with Crippen LogP contribution in [0, 0.1) is 0 Å². The van der Waals surface area contributed by atoms with E-state index in [1.807, 2.05) is 30.3 Å². The summed E-state index contributed by atoms with van der Waals surface area (Å²) in [5.41, 5.74) is 1.88. The van der Waals surface area contributed by atoms with E-state index in [4.69, 9.17) is 0 Å². The molecule has 152 valence electrons. The summed E-state index contributed by atoms with van der Waals surface area (Å²) in [6.45, 7) is 0.244. The second-order valence-electron chi connectivity index (χ2n) is 7.31. The van der Waals surface area contributed by atoms with Crippen LogP contribution in [-0.2, 0) is 16.0 Å². The smallest absolute Gasteiger partial charge is 0.253 e. The number of para-hydroxylation sites is 1. The molecule has 1 fully saturated rings. The first-order valence-corrected chi connectivity index (χ1v) is 10.1. The molecule has 2 aromatic carbocycles. The number of benzene rings is 2. The Bertz CT molecular complexity index is 845. The van der Waals surface area contributed by atoms with Gasteiger partial charge in [0.15, 0.2) is 0 Å². The SMILES string of the molecule is O=C(Cc1ccccc1)NCCC(=O)Nc1ccccc1C(=O)NC1CCCC1. The Hall–Kier alpha value is -3.15. The highest BCUT2D eigenvalue weighted by Crippen LogP contribution is 2.20. The quantitative estimate of drug-likeness (QED) is 0.644. The minimum absolute atomic E-state index is 0.125. The number of hydrogen-bond acceptors (Lipinski definition) is 3. The monoisotopic (exact) mass is 393 g/mol. The normalized spacial score (nSPS) is 13.7. The molecule has 0 saturated heterocycles. The summed E-state index contributed by atoms with van der Waals surface area (Å²) in [4.78, 5) is 36.8. The van der Waals surface area contributed by atoms with Crippen molar-refractivity contribution in [3.63, 3.8) is 0 Å². The molecule has 3 rings (SSSR count). The summed E-state index contributed by atoms with van der Waals surface area (Å²) in [5, 5.41) is 8.59. The zero-order valence-electron chi connectivity index (χ0n) is 16.4. The summed E-state index contributed by atoms with van der Waals surface area (Å²) < 4.78 is 0. The van der Waals surface area contributed by atoms with Gasteiger partial charge in [0.2, 0.25) is 11.8 Å². The molecule has 0 aromatic heterocycles. The third-order valence-corrected chi connectivity index (χ3v) is 5.02. The molecule has 1 saturated carbocycles. The highest BCUT2D eigenvalue weighted by molar-refractivity contribution is 6.03. The summed E-state index contributed by atoms with van der Waals surface area (Å²) in [7, 11) is 0. The number of amides is 3. The van der Waals surface area contributed by atoms with Crippen molar-refractivity contribution >= 4 is 23.4 Å². The second kappa shape index (κ2) is 10.4. The van der Waals surface area contributed by atoms with E-state index in [9.17, 15) is 14.4 Å². The Labute approximate surface area is 171 Å². The summed E-state index contributed by atoms with van der Waals surface area (Å²) in [5.74, 6) is -0.532. The van der Waals surface area contributed by atoms with Crippen LogP contribution in [0.1, 0.15) is 48.0 Å². The zero-order valence-corrected chi connectivity index (χ0v) is 16.4. The maximum Gasteiger partial charge on any atom is 0.253 e. The molecule has 0 heterocycles. The van der Waals surface area contributed by atoms with E-state index in [0.29, 0.717) is 11.3 Å². The minimum atomic E-state index is -0.244. The van der Waals surface area contributed by atoms with Gasteiger partial charge < -0.3 is 16.0 Å². The van der Waals surface area contributed by atoms with Crippen molar-refractivity contribution < 1.29 is 14.4 Å². The van der Waals surface area contributed by atoms with Crippen LogP contribution in [0.2, 0.25) is 0 Å². The Balaban J connectivity index is 1.46. The van der Waals surface area contributed by atoms with Gasteiger partial charge in [-0.3, -0.25) is 14.4 Å². The van der Waals surface area contributed by atoms with E-state index in [0.717, 1.165) is 31.2 Å². The van der Waals surface area contributed by atoms with Gasteiger partial charge in [0.1, 0.15) is 0 Å². The van der Waals surface area contributed by atoms with Crippen LogP contribution in [0.4, 0.5) is 5.69 Å². The lowest BCUT2D eigenvalue weighted by molar-refractivity contribution is -0.120. The molecule has 0 unspecified atom stereocenters. The standard InChI is InChI=1S/C23H27N3O3/c27-21(14-15-24-22(28)16-17-8-2-1-3-9-17)26-20-13-7-6-12-19(20)23(29)25-18-10-4-5-11-18/h1-3,6-9,12-13,18H,4-5,10-11,14-16H2,(H,24,28)(H,25,29)(H,26,27). The van der Waals surface area contributed by atoms with E-state index in [2.05, 4.69) is 16.0 Å². The highest BCUT2D eigenvalue weighted by Gasteiger charge is 2.20. The molecule has 0 bridgehead atoms. The molecule has 6 nitrogen and oxygen atoms in total. The van der Waals surface area contributed by atoms with Crippen molar-refractivity contribution in [1.29, 1.82) is 0 Å². The summed E-state index contributed by atoms with van der Waals surface area (Å²) >= 11 is 0. The van der Waals surface area contributed by atoms with Gasteiger partial charge in [0, 0.05) is 19.0 Å². The van der Waals surface area contributed by atoms with E-state index in [-0.39, 0.29) is 43.1 Å². The Morgan fingerprint density at radius 1 is 0.862 bits per heavy atom. The molecule has 29 heavy (non-hydrogen) atoms. The van der Waals surface area contributed by atoms with Gasteiger partial charge in [-0.15, -0.1) is 0 Å². The Morgan fingerprint density at radius 2 is 1.55 bits per heavy atom. The predicted molar refractivity (Wildman–Crippen MR) is 113 cm³/mol. The number of rotatable bonds is 8. The molecule has 2 aromatic rings. The van der Waals surface area contributed by atoms with Crippen LogP contribution in [0.3, 0.4) is 0 Å². The molecule has 6 heteroatoms. The molecule has 0 spiro atoms. The third kappa shape index (κ3) is 6.45. The lowest BCUT2D eigenvalue weighted by Gasteiger charge is -2.15. The van der Waals surface area contributed by atoms with Gasteiger partial charge in [0.05, 0.1) is 17.7 Å². The van der Waals surface area contributed by atoms with Gasteiger partial charge in [-0.05, 0) is 30.5 Å². The lowest BCUT2D eigenvalue weighted by Crippen LogP contribution is -2.33. The Kier molecular flexibility index (Phi) is 7.39. The fraction of sp³-hybridized carbons (Fsp3) is 0.348. The third-order valence-electron chi connectivity index (χ3n) is 5.02. The average molecular weight is 393 g/mol. The zero-order chi connectivity index (χ0) is 20.5. The molecular weight excluding hydrogens is 366 g/mol. The van der Waals surface area contributed by atoms with Crippen molar-refractivity contribution in [2.75, 3.05) is 11.9 Å². The molecule has 0 aliphatic heterocycles. The molecule has 0 radical (unpaired) electrons. The maximum atomic E-state index is 12.6. The van der Waals surface area contributed by atoms with E-state index in [1.165, 1.54) is 0 Å². The number of anilines is 1. The van der Waals surface area contributed by atoms with Crippen molar-refractivity contribution in [1.82, 2.24) is 10.6 Å². The van der Waals surface area contributed by atoms with Gasteiger partial charge in [-0.2, -0.15) is 0 Å². The molecule has 1 aliphatic carbocycles. The van der Waals surface area contributed by atoms with E-state index in [1.54, 1.807) is 24.3 Å². The van der Waals surface area contributed by atoms with Crippen LogP contribution in [0.25, 0.3) is 0 Å². The lowest BCUT2D eigenvalue weighted by atomic mass is 10.1. The topological polar surface area (TPSA) is 87.3 Å². The van der Waals surface area contributed by atoms with Crippen LogP contribution >= 0.6 is 0 Å². The van der Waals surface area contributed by atoms with Gasteiger partial charge in [-0.1, -0.05) is 55.3 Å². The van der Waals surface area contributed by atoms with Crippen LogP contribution in [0.15, 0.2) is 54.6 Å². The molecule has 1 aliphatic rings. The summed E-state index contributed by atoms with van der Waals surface area (Å²) in [6.07, 6.45) is 4.70. The molecule has 0 atom stereocenters. The van der Waals surface area contributed by atoms with Gasteiger partial charge in [0.25, 0.3) is 5.91 Å². The minimum Gasteiger partial charge on any atom is -0.355 e. The van der Waals surface area contributed by atoms with Crippen molar-refractivity contribution in [3.05, 3.63) is 65.7 Å². The number of carbonyl (C=O) groups is 3. The second-order valence-corrected chi connectivity index (χ2v) is 7.31. The fourth-order valence-corrected chi connectivity index (χ4v) is 3.50. The maximum absolute atomic E-state index is 12.6. The van der Waals surface area contributed by atoms with Crippen molar-refractivity contribution in [2.45, 2.75) is 44.6 Å². The molecule has 3 N–H and O–H groups in total. The molecule has 3 amide bonds. The van der Waals surface area contributed by atoms with Gasteiger partial charge in [-0.25, -0.2) is 0 Å². The average Bonchev–Trinajstić information content (AvgIpc) is 3.22. The number of hydrogen-bond donors (Lipinski definition) is 3. The highest BCUT2D eigenvalue weighted by atomic mass is 16.2. The first-order valence-electron chi connectivity index (χ1n) is 10.1. The van der Waals surface area contributed by atoms with Crippen LogP contribution in [-0.4, -0.2) is 30.3 Å². The van der Waals surface area contributed by atoms with E-state index >= 15 is 0 Å². The fourth-order valence-electron chi connectivity index (χ4n) is 3.50. The van der Waals surface area contributed by atoms with Crippen LogP contribution in [0.5, 0.6) is 0 Å². The predicted octanol–water partition coefficient (Wildman–Crippen LogP) is 3.05. The van der Waals surface area contributed by atoms with E-state index < -0.39 is 0 Å². The first-order chi connectivity index (χ1) is 14.1. The van der Waals surface area contributed by atoms with Crippen molar-refractivity contribution in [2.24, 2.45) is 0 Å². The van der Waals surface area contributed by atoms with Crippen LogP contribution < -0.4 is 16.0 Å². The number of nitrogens with one attached hydrogen (secondary N) is 3. The molecular formula is C23H27N3O3. The summed E-state index contributed by atoms with van der Waals surface area (Å²) in [6, 6.07) is 16.7. The number of carbonyl (C=O) groups excluding carboxylic acids is 3. The van der Waals surface area contributed by atoms with Crippen molar-refractivity contribution in [3.8, 4) is 0 Å².